The van der Waals surface area contributed by atoms with Crippen molar-refractivity contribution in [2.24, 2.45) is 5.73 Å². The summed E-state index contributed by atoms with van der Waals surface area (Å²) in [7, 11) is 1.53. The monoisotopic (exact) mass is 438 g/mol. The fourth-order valence-electron chi connectivity index (χ4n) is 3.51. The maximum absolute atomic E-state index is 12.5. The Morgan fingerprint density at radius 2 is 1.66 bits per heavy atom. The van der Waals surface area contributed by atoms with Gasteiger partial charge in [-0.2, -0.15) is 0 Å². The van der Waals surface area contributed by atoms with Crippen LogP contribution >= 0.6 is 0 Å². The van der Waals surface area contributed by atoms with Crippen LogP contribution in [0.15, 0.2) is 54.6 Å². The van der Waals surface area contributed by atoms with Crippen LogP contribution in [-0.4, -0.2) is 48.9 Å². The van der Waals surface area contributed by atoms with Crippen LogP contribution in [0.4, 0.5) is 0 Å². The summed E-state index contributed by atoms with van der Waals surface area (Å²) < 4.78 is 5.16. The molecule has 3 rings (SSSR count). The molecule has 0 radical (unpaired) electrons. The van der Waals surface area contributed by atoms with Gasteiger partial charge in [0.15, 0.2) is 0 Å². The zero-order chi connectivity index (χ0) is 23.1. The molecule has 9 nitrogen and oxygen atoms in total. The summed E-state index contributed by atoms with van der Waals surface area (Å²) in [5, 5.41) is 7.80. The highest BCUT2D eigenvalue weighted by Crippen LogP contribution is 2.14. The predicted molar refractivity (Wildman–Crippen MR) is 116 cm³/mol. The van der Waals surface area contributed by atoms with Crippen LogP contribution in [0.1, 0.15) is 17.5 Å². The first kappa shape index (κ1) is 22.8. The first-order valence-electron chi connectivity index (χ1n) is 10.2. The van der Waals surface area contributed by atoms with E-state index in [4.69, 9.17) is 10.5 Å². The molecule has 0 saturated carbocycles. The molecule has 0 spiro atoms. The molecule has 1 heterocycles. The first-order valence-corrected chi connectivity index (χ1v) is 10.2. The van der Waals surface area contributed by atoms with E-state index in [9.17, 15) is 19.2 Å². The van der Waals surface area contributed by atoms with Crippen LogP contribution in [0, 0.1) is 0 Å². The van der Waals surface area contributed by atoms with Gasteiger partial charge in [0.25, 0.3) is 0 Å². The lowest BCUT2D eigenvalue weighted by atomic mass is 10.0. The molecule has 0 bridgehead atoms. The summed E-state index contributed by atoms with van der Waals surface area (Å²) in [6, 6.07) is 13.6. The Balaban J connectivity index is 1.56. The van der Waals surface area contributed by atoms with E-state index in [0.717, 1.165) is 11.1 Å². The Morgan fingerprint density at radius 1 is 1.00 bits per heavy atom. The van der Waals surface area contributed by atoms with Gasteiger partial charge in [-0.25, -0.2) is 0 Å². The number of methoxy groups -OCH3 is 1. The van der Waals surface area contributed by atoms with Crippen molar-refractivity contribution in [3.05, 3.63) is 65.7 Å². The Bertz CT molecular complexity index is 995. The van der Waals surface area contributed by atoms with Crippen LogP contribution in [0.3, 0.4) is 0 Å². The second-order valence-electron chi connectivity index (χ2n) is 7.59. The minimum absolute atomic E-state index is 0.167. The maximum atomic E-state index is 12.5. The molecule has 5 N–H and O–H groups in total. The number of carbonyl (C=O) groups excluding carboxylic acids is 4. The molecule has 4 amide bonds. The van der Waals surface area contributed by atoms with Gasteiger partial charge in [0.1, 0.15) is 23.9 Å². The van der Waals surface area contributed by atoms with Crippen LogP contribution in [-0.2, 0) is 32.0 Å². The topological polar surface area (TPSA) is 140 Å². The number of rotatable bonds is 9. The van der Waals surface area contributed by atoms with Crippen molar-refractivity contribution in [2.45, 2.75) is 37.4 Å². The summed E-state index contributed by atoms with van der Waals surface area (Å²) in [5.41, 5.74) is 7.10. The Hall–Kier alpha value is -3.88. The highest BCUT2D eigenvalue weighted by molar-refractivity contribution is 5.99. The number of benzene rings is 2. The molecule has 2 aromatic rings. The quantitative estimate of drug-likeness (QED) is 0.430. The molecule has 1 aliphatic rings. The summed E-state index contributed by atoms with van der Waals surface area (Å²) in [4.78, 5) is 49.2. The van der Waals surface area contributed by atoms with Gasteiger partial charge in [0, 0.05) is 12.8 Å². The Morgan fingerprint density at radius 3 is 2.34 bits per heavy atom. The lowest BCUT2D eigenvalue weighted by Gasteiger charge is -2.29. The van der Waals surface area contributed by atoms with Crippen LogP contribution in [0.25, 0.3) is 0 Å². The lowest BCUT2D eigenvalue weighted by molar-refractivity contribution is -0.138. The van der Waals surface area contributed by atoms with Gasteiger partial charge in [-0.05, 0) is 23.3 Å². The number of hydrogen-bond donors (Lipinski definition) is 4. The number of hydrogen-bond acceptors (Lipinski definition) is 5. The highest BCUT2D eigenvalue weighted by atomic mass is 16.5. The van der Waals surface area contributed by atoms with Crippen molar-refractivity contribution in [1.29, 1.82) is 0 Å². The minimum atomic E-state index is -1.03. The smallest absolute Gasteiger partial charge is 0.243 e. The van der Waals surface area contributed by atoms with Crippen molar-refractivity contribution in [3.63, 3.8) is 0 Å². The van der Waals surface area contributed by atoms with E-state index in [1.807, 2.05) is 30.3 Å². The number of ether oxygens (including phenoxy) is 1. The van der Waals surface area contributed by atoms with E-state index in [-0.39, 0.29) is 18.7 Å². The summed E-state index contributed by atoms with van der Waals surface area (Å²) in [5.74, 6) is -1.48. The van der Waals surface area contributed by atoms with Crippen molar-refractivity contribution >= 4 is 23.6 Å². The molecule has 1 fully saturated rings. The molecule has 0 aromatic heterocycles. The third-order valence-corrected chi connectivity index (χ3v) is 5.19. The molecule has 168 valence electrons. The zero-order valence-electron chi connectivity index (χ0n) is 17.7. The fourth-order valence-corrected chi connectivity index (χ4v) is 3.51. The third kappa shape index (κ3) is 6.07. The SMILES string of the molecule is COc1cccc(C[C@H](NC(=O)C[C@@H]2NC(=O)[C@H](Cc3ccccc3)NC2=O)C(N)=O)c1. The zero-order valence-corrected chi connectivity index (χ0v) is 17.7. The molecule has 1 aliphatic heterocycles. The Labute approximate surface area is 185 Å². The standard InChI is InChI=1S/C23H26N4O5/c1-32-16-9-5-8-15(10-16)12-17(21(24)29)25-20(28)13-19-23(31)26-18(22(30)27-19)11-14-6-3-2-4-7-14/h2-10,17-19H,11-13H2,1H3,(H2,24,29)(H,25,28)(H,26,31)(H,27,30)/t17-,18-,19-/m0/s1. The molecule has 9 heteroatoms. The van der Waals surface area contributed by atoms with Gasteiger partial charge in [0.05, 0.1) is 13.5 Å². The van der Waals surface area contributed by atoms with E-state index >= 15 is 0 Å². The van der Waals surface area contributed by atoms with E-state index in [1.54, 1.807) is 24.3 Å². The molecule has 3 atom stereocenters. The molecule has 2 aromatic carbocycles. The minimum Gasteiger partial charge on any atom is -0.497 e. The van der Waals surface area contributed by atoms with Crippen molar-refractivity contribution in [1.82, 2.24) is 16.0 Å². The first-order chi connectivity index (χ1) is 15.4. The van der Waals surface area contributed by atoms with Gasteiger partial charge in [-0.15, -0.1) is 0 Å². The van der Waals surface area contributed by atoms with Crippen LogP contribution in [0.5, 0.6) is 5.75 Å². The number of amides is 4. The average molecular weight is 438 g/mol. The van der Waals surface area contributed by atoms with Crippen molar-refractivity contribution < 1.29 is 23.9 Å². The second kappa shape index (κ2) is 10.4. The van der Waals surface area contributed by atoms with E-state index in [0.29, 0.717) is 12.2 Å². The summed E-state index contributed by atoms with van der Waals surface area (Å²) in [6.07, 6.45) is 0.208. The number of primary amides is 1. The van der Waals surface area contributed by atoms with E-state index in [1.165, 1.54) is 7.11 Å². The molecule has 1 saturated heterocycles. The van der Waals surface area contributed by atoms with Gasteiger partial charge in [-0.3, -0.25) is 19.2 Å². The lowest BCUT2D eigenvalue weighted by Crippen LogP contribution is -2.63. The summed E-state index contributed by atoms with van der Waals surface area (Å²) >= 11 is 0. The van der Waals surface area contributed by atoms with Gasteiger partial charge >= 0.3 is 0 Å². The third-order valence-electron chi connectivity index (χ3n) is 5.19. The molecule has 0 aliphatic carbocycles. The number of nitrogens with two attached hydrogens (primary N) is 1. The molecular weight excluding hydrogens is 412 g/mol. The predicted octanol–water partition coefficient (Wildman–Crippen LogP) is -0.176. The number of nitrogens with one attached hydrogen (secondary N) is 3. The Kier molecular flexibility index (Phi) is 7.43. The van der Waals surface area contributed by atoms with Crippen LogP contribution in [0.2, 0.25) is 0 Å². The van der Waals surface area contributed by atoms with E-state index < -0.39 is 35.8 Å². The van der Waals surface area contributed by atoms with Crippen molar-refractivity contribution in [2.75, 3.05) is 7.11 Å². The number of carbonyl (C=O) groups is 4. The van der Waals surface area contributed by atoms with Gasteiger partial charge in [0.2, 0.25) is 23.6 Å². The van der Waals surface area contributed by atoms with Gasteiger partial charge in [-0.1, -0.05) is 42.5 Å². The molecule has 0 unspecified atom stereocenters. The normalized spacial score (nSPS) is 18.8. The van der Waals surface area contributed by atoms with Crippen LogP contribution < -0.4 is 26.4 Å². The molecule has 32 heavy (non-hydrogen) atoms. The average Bonchev–Trinajstić information content (AvgIpc) is 2.77. The maximum Gasteiger partial charge on any atom is 0.243 e. The fraction of sp³-hybridized carbons (Fsp3) is 0.304. The van der Waals surface area contributed by atoms with Crippen molar-refractivity contribution in [3.8, 4) is 5.75 Å². The second-order valence-corrected chi connectivity index (χ2v) is 7.59. The van der Waals surface area contributed by atoms with E-state index in [2.05, 4.69) is 16.0 Å². The summed E-state index contributed by atoms with van der Waals surface area (Å²) in [6.45, 7) is 0. The largest absolute Gasteiger partial charge is 0.497 e. The van der Waals surface area contributed by atoms with Gasteiger partial charge < -0.3 is 26.4 Å². The number of piperazine rings is 1. The molecular formula is C23H26N4O5. The highest BCUT2D eigenvalue weighted by Gasteiger charge is 2.35.